The minimum absolute atomic E-state index is 0.476. The molecule has 1 aliphatic heterocycles. The van der Waals surface area contributed by atoms with Gasteiger partial charge in [-0.05, 0) is 30.0 Å². The van der Waals surface area contributed by atoms with Gasteiger partial charge in [0.15, 0.2) is 0 Å². The van der Waals surface area contributed by atoms with Crippen LogP contribution < -0.4 is 0 Å². The number of benzene rings is 2. The zero-order valence-electron chi connectivity index (χ0n) is 13.8. The first-order chi connectivity index (χ1) is 11.9. The van der Waals surface area contributed by atoms with E-state index in [0.29, 0.717) is 31.5 Å². The Labute approximate surface area is 145 Å². The van der Waals surface area contributed by atoms with Crippen LogP contribution in [-0.4, -0.2) is 18.0 Å². The summed E-state index contributed by atoms with van der Waals surface area (Å²) in [6.07, 6.45) is -3.31. The van der Waals surface area contributed by atoms with E-state index in [0.717, 1.165) is 18.7 Å². The van der Waals surface area contributed by atoms with E-state index < -0.39 is 17.2 Å². The highest BCUT2D eigenvalue weighted by molar-refractivity contribution is 5.37. The monoisotopic (exact) mass is 344 g/mol. The van der Waals surface area contributed by atoms with E-state index in [-0.39, 0.29) is 0 Å². The van der Waals surface area contributed by atoms with Gasteiger partial charge in [-0.1, -0.05) is 48.5 Å². The van der Waals surface area contributed by atoms with Crippen molar-refractivity contribution in [3.63, 3.8) is 0 Å². The zero-order chi connectivity index (χ0) is 17.9. The molecule has 0 atom stereocenters. The van der Waals surface area contributed by atoms with Crippen molar-refractivity contribution in [2.75, 3.05) is 13.1 Å². The predicted octanol–water partition coefficient (Wildman–Crippen LogP) is 4.76. The highest BCUT2D eigenvalue weighted by Gasteiger charge is 2.38. The Hall–Kier alpha value is -2.32. The highest BCUT2D eigenvalue weighted by Crippen LogP contribution is 2.38. The first-order valence-electron chi connectivity index (χ1n) is 8.28. The lowest BCUT2D eigenvalue weighted by Gasteiger charge is -2.37. The van der Waals surface area contributed by atoms with Crippen LogP contribution in [0.25, 0.3) is 0 Å². The summed E-state index contributed by atoms with van der Waals surface area (Å²) in [5.74, 6) is 0. The molecule has 1 aliphatic rings. The molecule has 0 amide bonds. The molecule has 0 spiro atoms. The normalized spacial score (nSPS) is 17.8. The van der Waals surface area contributed by atoms with Gasteiger partial charge in [-0.15, -0.1) is 0 Å². The molecule has 0 bridgehead atoms. The molecule has 0 aliphatic carbocycles. The maximum Gasteiger partial charge on any atom is 0.416 e. The van der Waals surface area contributed by atoms with E-state index in [4.69, 9.17) is 0 Å². The highest BCUT2D eigenvalue weighted by atomic mass is 19.4. The standard InChI is InChI=1S/C20H19F3N2/c21-20(22,23)18-8-4-7-17(13-18)19(15-24)9-11-25(12-10-19)14-16-5-2-1-3-6-16/h1-8,13H,9-12,14H2. The van der Waals surface area contributed by atoms with Crippen molar-refractivity contribution >= 4 is 0 Å². The van der Waals surface area contributed by atoms with E-state index >= 15 is 0 Å². The Balaban J connectivity index is 1.75. The number of hydrogen-bond acceptors (Lipinski definition) is 2. The summed E-state index contributed by atoms with van der Waals surface area (Å²) in [7, 11) is 0. The Morgan fingerprint density at radius 3 is 2.28 bits per heavy atom. The third-order valence-electron chi connectivity index (χ3n) is 4.92. The van der Waals surface area contributed by atoms with Gasteiger partial charge in [0, 0.05) is 19.6 Å². The number of hydrogen-bond donors (Lipinski definition) is 0. The Bertz CT molecular complexity index is 755. The van der Waals surface area contributed by atoms with Gasteiger partial charge in [0.1, 0.15) is 0 Å². The number of alkyl halides is 3. The molecule has 2 nitrogen and oxygen atoms in total. The fourth-order valence-electron chi connectivity index (χ4n) is 3.39. The third-order valence-corrected chi connectivity index (χ3v) is 4.92. The van der Waals surface area contributed by atoms with Crippen molar-refractivity contribution < 1.29 is 13.2 Å². The van der Waals surface area contributed by atoms with Gasteiger partial charge in [-0.2, -0.15) is 18.4 Å². The molecule has 1 saturated heterocycles. The van der Waals surface area contributed by atoms with Gasteiger partial charge in [0.05, 0.1) is 17.0 Å². The lowest BCUT2D eigenvalue weighted by molar-refractivity contribution is -0.137. The Kier molecular flexibility index (Phi) is 4.82. The zero-order valence-corrected chi connectivity index (χ0v) is 13.8. The number of nitriles is 1. The van der Waals surface area contributed by atoms with Gasteiger partial charge in [-0.25, -0.2) is 0 Å². The Morgan fingerprint density at radius 2 is 1.68 bits per heavy atom. The van der Waals surface area contributed by atoms with Crippen LogP contribution in [0.2, 0.25) is 0 Å². The molecule has 130 valence electrons. The topological polar surface area (TPSA) is 27.0 Å². The van der Waals surface area contributed by atoms with Crippen LogP contribution in [0.5, 0.6) is 0 Å². The smallest absolute Gasteiger partial charge is 0.299 e. The maximum absolute atomic E-state index is 13.0. The van der Waals surface area contributed by atoms with Crippen LogP contribution >= 0.6 is 0 Å². The fraction of sp³-hybridized carbons (Fsp3) is 0.350. The predicted molar refractivity (Wildman–Crippen MR) is 89.7 cm³/mol. The second kappa shape index (κ2) is 6.89. The molecule has 3 rings (SSSR count). The number of rotatable bonds is 3. The van der Waals surface area contributed by atoms with E-state index in [9.17, 15) is 18.4 Å². The number of nitrogens with zero attached hydrogens (tertiary/aromatic N) is 2. The average molecular weight is 344 g/mol. The minimum Gasteiger partial charge on any atom is -0.299 e. The van der Waals surface area contributed by atoms with Crippen LogP contribution in [0.4, 0.5) is 13.2 Å². The number of piperidine rings is 1. The molecule has 0 aromatic heterocycles. The quantitative estimate of drug-likeness (QED) is 0.802. The van der Waals surface area contributed by atoms with Crippen molar-refractivity contribution in [3.8, 4) is 6.07 Å². The first kappa shape index (κ1) is 17.5. The number of halogens is 3. The van der Waals surface area contributed by atoms with Crippen molar-refractivity contribution in [2.45, 2.75) is 31.0 Å². The summed E-state index contributed by atoms with van der Waals surface area (Å²) >= 11 is 0. The molecule has 1 heterocycles. The molecule has 25 heavy (non-hydrogen) atoms. The molecular formula is C20H19F3N2. The van der Waals surface area contributed by atoms with E-state index in [1.165, 1.54) is 11.6 Å². The molecule has 5 heteroatoms. The van der Waals surface area contributed by atoms with E-state index in [1.807, 2.05) is 18.2 Å². The second-order valence-corrected chi connectivity index (χ2v) is 6.53. The van der Waals surface area contributed by atoms with Crippen molar-refractivity contribution in [2.24, 2.45) is 0 Å². The summed E-state index contributed by atoms with van der Waals surface area (Å²) in [4.78, 5) is 2.25. The van der Waals surface area contributed by atoms with Crippen LogP contribution in [-0.2, 0) is 18.1 Å². The van der Waals surface area contributed by atoms with E-state index in [2.05, 4.69) is 23.1 Å². The summed E-state index contributed by atoms with van der Waals surface area (Å²) in [6, 6.07) is 17.6. The lowest BCUT2D eigenvalue weighted by atomic mass is 9.73. The van der Waals surface area contributed by atoms with Gasteiger partial charge < -0.3 is 0 Å². The summed E-state index contributed by atoms with van der Waals surface area (Å²) < 4.78 is 38.9. The van der Waals surface area contributed by atoms with Crippen molar-refractivity contribution in [3.05, 3.63) is 71.3 Å². The molecule has 2 aromatic carbocycles. The number of likely N-dealkylation sites (tertiary alicyclic amines) is 1. The van der Waals surface area contributed by atoms with E-state index in [1.54, 1.807) is 6.07 Å². The van der Waals surface area contributed by atoms with Crippen LogP contribution in [0.1, 0.15) is 29.5 Å². The van der Waals surface area contributed by atoms with Crippen LogP contribution in [0.15, 0.2) is 54.6 Å². The SMILES string of the molecule is N#CC1(c2cccc(C(F)(F)F)c2)CCN(Cc2ccccc2)CC1. The Morgan fingerprint density at radius 1 is 1.00 bits per heavy atom. The second-order valence-electron chi connectivity index (χ2n) is 6.53. The molecule has 1 fully saturated rings. The van der Waals surface area contributed by atoms with Crippen molar-refractivity contribution in [1.29, 1.82) is 5.26 Å². The first-order valence-corrected chi connectivity index (χ1v) is 8.28. The molecule has 0 unspecified atom stereocenters. The molecule has 0 saturated carbocycles. The summed E-state index contributed by atoms with van der Waals surface area (Å²) in [5, 5.41) is 9.71. The van der Waals surface area contributed by atoms with Crippen molar-refractivity contribution in [1.82, 2.24) is 4.90 Å². The van der Waals surface area contributed by atoms with Crippen LogP contribution in [0.3, 0.4) is 0 Å². The van der Waals surface area contributed by atoms with Gasteiger partial charge in [0.25, 0.3) is 0 Å². The summed E-state index contributed by atoms with van der Waals surface area (Å²) in [5.41, 5.74) is 0.149. The molecule has 0 radical (unpaired) electrons. The largest absolute Gasteiger partial charge is 0.416 e. The molecular weight excluding hydrogens is 325 g/mol. The average Bonchev–Trinajstić information content (AvgIpc) is 2.63. The summed E-state index contributed by atoms with van der Waals surface area (Å²) in [6.45, 7) is 2.18. The third kappa shape index (κ3) is 3.85. The van der Waals surface area contributed by atoms with Crippen LogP contribution in [0, 0.1) is 11.3 Å². The lowest BCUT2D eigenvalue weighted by Crippen LogP contribution is -2.41. The molecule has 0 N–H and O–H groups in total. The minimum atomic E-state index is -4.39. The fourth-order valence-corrected chi connectivity index (χ4v) is 3.39. The molecule has 2 aromatic rings. The maximum atomic E-state index is 13.0. The van der Waals surface area contributed by atoms with Gasteiger partial charge in [-0.3, -0.25) is 4.90 Å². The van der Waals surface area contributed by atoms with Gasteiger partial charge in [0.2, 0.25) is 0 Å². The van der Waals surface area contributed by atoms with Gasteiger partial charge >= 0.3 is 6.18 Å².